The SMILES string of the molecule is CC(=O)Nc1nc(-c2ccc(CCC(=O)COC(N)=O)cc2)cs1. The highest BCUT2D eigenvalue weighted by molar-refractivity contribution is 7.14. The lowest BCUT2D eigenvalue weighted by atomic mass is 10.0. The maximum atomic E-state index is 11.5. The van der Waals surface area contributed by atoms with Crippen LogP contribution in [0.15, 0.2) is 29.6 Å². The molecule has 8 heteroatoms. The molecule has 7 nitrogen and oxygen atoms in total. The third-order valence-electron chi connectivity index (χ3n) is 3.10. The molecule has 1 aromatic carbocycles. The average molecular weight is 347 g/mol. The zero-order valence-electron chi connectivity index (χ0n) is 13.1. The molecule has 0 unspecified atom stereocenters. The molecule has 126 valence electrons. The summed E-state index contributed by atoms with van der Waals surface area (Å²) in [6.45, 7) is 1.14. The van der Waals surface area contributed by atoms with E-state index in [0.29, 0.717) is 11.6 Å². The zero-order chi connectivity index (χ0) is 17.5. The highest BCUT2D eigenvalue weighted by Crippen LogP contribution is 2.25. The van der Waals surface area contributed by atoms with E-state index in [0.717, 1.165) is 16.8 Å². The van der Waals surface area contributed by atoms with Crippen LogP contribution >= 0.6 is 11.3 Å². The van der Waals surface area contributed by atoms with Crippen LogP contribution in [0.5, 0.6) is 0 Å². The molecule has 1 aromatic heterocycles. The van der Waals surface area contributed by atoms with Crippen molar-refractivity contribution < 1.29 is 19.1 Å². The predicted octanol–water partition coefficient (Wildman–Crippen LogP) is 2.37. The van der Waals surface area contributed by atoms with Gasteiger partial charge in [-0.25, -0.2) is 9.78 Å². The minimum absolute atomic E-state index is 0.156. The number of anilines is 1. The Labute approximate surface area is 142 Å². The molecular formula is C16H17N3O4S. The topological polar surface area (TPSA) is 111 Å². The summed E-state index contributed by atoms with van der Waals surface area (Å²) >= 11 is 1.36. The molecule has 0 aliphatic rings. The first-order valence-electron chi connectivity index (χ1n) is 7.20. The lowest BCUT2D eigenvalue weighted by Crippen LogP contribution is -2.18. The van der Waals surface area contributed by atoms with Crippen LogP contribution in [0, 0.1) is 0 Å². The summed E-state index contributed by atoms with van der Waals surface area (Å²) in [4.78, 5) is 37.3. The number of hydrogen-bond acceptors (Lipinski definition) is 6. The normalized spacial score (nSPS) is 10.2. The number of ketones is 1. The molecule has 3 N–H and O–H groups in total. The van der Waals surface area contributed by atoms with E-state index in [1.165, 1.54) is 18.3 Å². The molecule has 0 spiro atoms. The van der Waals surface area contributed by atoms with Crippen molar-refractivity contribution in [1.82, 2.24) is 4.98 Å². The van der Waals surface area contributed by atoms with E-state index in [1.54, 1.807) is 0 Å². The Hall–Kier alpha value is -2.74. The highest BCUT2D eigenvalue weighted by atomic mass is 32.1. The Morgan fingerprint density at radius 2 is 1.96 bits per heavy atom. The van der Waals surface area contributed by atoms with Gasteiger partial charge in [-0.05, 0) is 12.0 Å². The van der Waals surface area contributed by atoms with Gasteiger partial charge >= 0.3 is 6.09 Å². The minimum atomic E-state index is -0.949. The Balaban J connectivity index is 1.90. The van der Waals surface area contributed by atoms with Gasteiger partial charge in [0.05, 0.1) is 5.69 Å². The number of primary amides is 1. The second-order valence-electron chi connectivity index (χ2n) is 5.06. The van der Waals surface area contributed by atoms with Crippen molar-refractivity contribution in [2.24, 2.45) is 5.73 Å². The van der Waals surface area contributed by atoms with Gasteiger partial charge in [0.25, 0.3) is 0 Å². The van der Waals surface area contributed by atoms with E-state index in [4.69, 9.17) is 5.73 Å². The smallest absolute Gasteiger partial charge is 0.404 e. The van der Waals surface area contributed by atoms with Crippen molar-refractivity contribution in [3.63, 3.8) is 0 Å². The van der Waals surface area contributed by atoms with Gasteiger partial charge in [0.2, 0.25) is 5.91 Å². The number of Topliss-reactive ketones (excluding diaryl/α,β-unsaturated/α-hetero) is 1. The zero-order valence-corrected chi connectivity index (χ0v) is 13.9. The van der Waals surface area contributed by atoms with Crippen LogP contribution in [0.3, 0.4) is 0 Å². The quantitative estimate of drug-likeness (QED) is 0.798. The van der Waals surface area contributed by atoms with Crippen molar-refractivity contribution >= 4 is 34.3 Å². The summed E-state index contributed by atoms with van der Waals surface area (Å²) in [5.41, 5.74) is 7.50. The highest BCUT2D eigenvalue weighted by Gasteiger charge is 2.08. The second-order valence-corrected chi connectivity index (χ2v) is 5.92. The first kappa shape index (κ1) is 17.6. The van der Waals surface area contributed by atoms with Gasteiger partial charge in [0.1, 0.15) is 0 Å². The number of aromatic nitrogens is 1. The number of carbonyl (C=O) groups excluding carboxylic acids is 3. The Morgan fingerprint density at radius 3 is 2.58 bits per heavy atom. The van der Waals surface area contributed by atoms with Crippen molar-refractivity contribution in [2.45, 2.75) is 19.8 Å². The number of hydrogen-bond donors (Lipinski definition) is 2. The summed E-state index contributed by atoms with van der Waals surface area (Å²) in [7, 11) is 0. The van der Waals surface area contributed by atoms with Gasteiger partial charge in [0.15, 0.2) is 17.5 Å². The van der Waals surface area contributed by atoms with E-state index >= 15 is 0 Å². The molecular weight excluding hydrogens is 330 g/mol. The number of amides is 2. The number of thiazole rings is 1. The van der Waals surface area contributed by atoms with Crippen LogP contribution in [-0.4, -0.2) is 29.4 Å². The molecule has 0 atom stereocenters. The molecule has 0 saturated carbocycles. The number of nitrogens with two attached hydrogens (primary N) is 1. The largest absolute Gasteiger partial charge is 0.442 e. The van der Waals surface area contributed by atoms with Gasteiger partial charge < -0.3 is 15.8 Å². The van der Waals surface area contributed by atoms with E-state index in [2.05, 4.69) is 15.0 Å². The van der Waals surface area contributed by atoms with Crippen molar-refractivity contribution in [2.75, 3.05) is 11.9 Å². The first-order valence-corrected chi connectivity index (χ1v) is 8.08. The molecule has 1 heterocycles. The van der Waals surface area contributed by atoms with Crippen LogP contribution in [0.2, 0.25) is 0 Å². The minimum Gasteiger partial charge on any atom is -0.442 e. The van der Waals surface area contributed by atoms with Crippen LogP contribution in [0.25, 0.3) is 11.3 Å². The van der Waals surface area contributed by atoms with Crippen LogP contribution in [-0.2, 0) is 20.7 Å². The van der Waals surface area contributed by atoms with E-state index in [1.807, 2.05) is 29.6 Å². The number of nitrogens with one attached hydrogen (secondary N) is 1. The summed E-state index contributed by atoms with van der Waals surface area (Å²) in [5.74, 6) is -0.339. The average Bonchev–Trinajstić information content (AvgIpc) is 2.99. The number of ether oxygens (including phenoxy) is 1. The first-order chi connectivity index (χ1) is 11.4. The lowest BCUT2D eigenvalue weighted by molar-refractivity contribution is -0.121. The van der Waals surface area contributed by atoms with Gasteiger partial charge in [-0.1, -0.05) is 24.3 Å². The number of carbonyl (C=O) groups is 3. The molecule has 0 saturated heterocycles. The number of rotatable bonds is 7. The number of aryl methyl sites for hydroxylation is 1. The maximum absolute atomic E-state index is 11.5. The molecule has 2 amide bonds. The van der Waals surface area contributed by atoms with Crippen LogP contribution < -0.4 is 11.1 Å². The summed E-state index contributed by atoms with van der Waals surface area (Å²) in [6, 6.07) is 7.64. The predicted molar refractivity (Wildman–Crippen MR) is 90.7 cm³/mol. The molecule has 24 heavy (non-hydrogen) atoms. The Kier molecular flexibility index (Phi) is 6.02. The van der Waals surface area contributed by atoms with E-state index in [9.17, 15) is 14.4 Å². The molecule has 0 aliphatic carbocycles. The number of benzene rings is 1. The standard InChI is InChI=1S/C16H17N3O4S/c1-10(20)18-16-19-14(9-24-16)12-5-2-11(3-6-12)4-7-13(21)8-23-15(17)22/h2-3,5-6,9H,4,7-8H2,1H3,(H2,17,22)(H,18,19,20). The third kappa shape index (κ3) is 5.47. The molecule has 0 fully saturated rings. The van der Waals surface area contributed by atoms with Gasteiger partial charge in [-0.2, -0.15) is 0 Å². The van der Waals surface area contributed by atoms with Crippen molar-refractivity contribution in [3.8, 4) is 11.3 Å². The summed E-state index contributed by atoms with van der Waals surface area (Å²) in [5, 5.41) is 5.07. The fraction of sp³-hybridized carbons (Fsp3) is 0.250. The molecule has 2 aromatic rings. The fourth-order valence-electron chi connectivity index (χ4n) is 1.96. The molecule has 0 radical (unpaired) electrons. The van der Waals surface area contributed by atoms with Gasteiger partial charge in [0, 0.05) is 24.3 Å². The lowest BCUT2D eigenvalue weighted by Gasteiger charge is -2.03. The summed E-state index contributed by atoms with van der Waals surface area (Å²) < 4.78 is 4.45. The number of nitrogens with zero attached hydrogens (tertiary/aromatic N) is 1. The second kappa shape index (κ2) is 8.21. The molecule has 0 aliphatic heterocycles. The fourth-order valence-corrected chi connectivity index (χ4v) is 2.73. The molecule has 0 bridgehead atoms. The Bertz CT molecular complexity index is 740. The van der Waals surface area contributed by atoms with Crippen molar-refractivity contribution in [3.05, 3.63) is 35.2 Å². The summed E-state index contributed by atoms with van der Waals surface area (Å²) in [6.07, 6.45) is -0.125. The maximum Gasteiger partial charge on any atom is 0.404 e. The Morgan fingerprint density at radius 1 is 1.25 bits per heavy atom. The van der Waals surface area contributed by atoms with Crippen molar-refractivity contribution in [1.29, 1.82) is 0 Å². The van der Waals surface area contributed by atoms with Gasteiger partial charge in [-0.15, -0.1) is 11.3 Å². The van der Waals surface area contributed by atoms with Gasteiger partial charge in [-0.3, -0.25) is 9.59 Å². The molecule has 2 rings (SSSR count). The third-order valence-corrected chi connectivity index (χ3v) is 3.86. The van der Waals surface area contributed by atoms with Crippen LogP contribution in [0.4, 0.5) is 9.93 Å². The van der Waals surface area contributed by atoms with Crippen LogP contribution in [0.1, 0.15) is 18.9 Å². The van der Waals surface area contributed by atoms with E-state index in [-0.39, 0.29) is 24.7 Å². The monoisotopic (exact) mass is 347 g/mol. The van der Waals surface area contributed by atoms with E-state index < -0.39 is 6.09 Å².